The molecule has 0 aliphatic carbocycles. The number of carbonyl (C=O) groups excluding carboxylic acids is 1. The molecule has 0 spiro atoms. The van der Waals surface area contributed by atoms with Crippen molar-refractivity contribution in [3.8, 4) is 11.5 Å². The standard InChI is InChI=1S/C14H12BrNO2/c1-9-2-5-11(15)8-13(9)18-12-6-3-10(4-7-12)14(16)17/h2-8H,1H3,(H2,16,17). The molecule has 0 atom stereocenters. The molecule has 2 aromatic carbocycles. The molecule has 2 rings (SSSR count). The summed E-state index contributed by atoms with van der Waals surface area (Å²) in [7, 11) is 0. The Hall–Kier alpha value is -1.81. The topological polar surface area (TPSA) is 52.3 Å². The molecular weight excluding hydrogens is 294 g/mol. The molecule has 2 N–H and O–H groups in total. The molecule has 0 saturated heterocycles. The Kier molecular flexibility index (Phi) is 3.67. The molecular formula is C14H12BrNO2. The van der Waals surface area contributed by atoms with Crippen LogP contribution in [0.5, 0.6) is 11.5 Å². The summed E-state index contributed by atoms with van der Waals surface area (Å²) >= 11 is 3.40. The number of halogens is 1. The molecule has 0 fully saturated rings. The fourth-order valence-electron chi connectivity index (χ4n) is 1.50. The Labute approximate surface area is 114 Å². The lowest BCUT2D eigenvalue weighted by Gasteiger charge is -2.09. The molecule has 3 nitrogen and oxygen atoms in total. The number of ether oxygens (including phenoxy) is 1. The molecule has 0 saturated carbocycles. The Balaban J connectivity index is 2.23. The first-order valence-corrected chi connectivity index (χ1v) is 6.19. The average Bonchev–Trinajstić information content (AvgIpc) is 2.34. The van der Waals surface area contributed by atoms with Gasteiger partial charge in [-0.05, 0) is 48.9 Å². The van der Waals surface area contributed by atoms with E-state index in [0.29, 0.717) is 11.3 Å². The summed E-state index contributed by atoms with van der Waals surface area (Å²) in [6, 6.07) is 12.6. The Bertz CT molecular complexity index is 579. The van der Waals surface area contributed by atoms with Crippen molar-refractivity contribution in [1.29, 1.82) is 0 Å². The van der Waals surface area contributed by atoms with Gasteiger partial charge in [0, 0.05) is 10.0 Å². The van der Waals surface area contributed by atoms with Crippen LogP contribution in [-0.2, 0) is 0 Å². The highest BCUT2D eigenvalue weighted by Gasteiger charge is 2.04. The third-order valence-corrected chi connectivity index (χ3v) is 3.01. The van der Waals surface area contributed by atoms with E-state index < -0.39 is 5.91 Å². The molecule has 0 aliphatic heterocycles. The predicted molar refractivity (Wildman–Crippen MR) is 73.9 cm³/mol. The number of aryl methyl sites for hydroxylation is 1. The number of primary amides is 1. The smallest absolute Gasteiger partial charge is 0.248 e. The van der Waals surface area contributed by atoms with E-state index in [4.69, 9.17) is 10.5 Å². The Morgan fingerprint density at radius 3 is 2.44 bits per heavy atom. The van der Waals surface area contributed by atoms with E-state index in [1.54, 1.807) is 24.3 Å². The van der Waals surface area contributed by atoms with Gasteiger partial charge in [-0.25, -0.2) is 0 Å². The van der Waals surface area contributed by atoms with Crippen LogP contribution in [0.2, 0.25) is 0 Å². The molecule has 0 radical (unpaired) electrons. The Morgan fingerprint density at radius 1 is 1.17 bits per heavy atom. The van der Waals surface area contributed by atoms with Crippen LogP contribution in [0, 0.1) is 6.92 Å². The van der Waals surface area contributed by atoms with E-state index in [1.807, 2.05) is 25.1 Å². The summed E-state index contributed by atoms with van der Waals surface area (Å²) in [6.07, 6.45) is 0. The van der Waals surface area contributed by atoms with Gasteiger partial charge < -0.3 is 10.5 Å². The normalized spacial score (nSPS) is 10.1. The number of nitrogens with two attached hydrogens (primary N) is 1. The van der Waals surface area contributed by atoms with Gasteiger partial charge in [0.05, 0.1) is 0 Å². The number of carbonyl (C=O) groups is 1. The lowest BCUT2D eigenvalue weighted by molar-refractivity contribution is 0.100. The maximum Gasteiger partial charge on any atom is 0.248 e. The quantitative estimate of drug-likeness (QED) is 0.941. The van der Waals surface area contributed by atoms with Crippen LogP contribution in [0.25, 0.3) is 0 Å². The second-order valence-electron chi connectivity index (χ2n) is 3.90. The first kappa shape index (κ1) is 12.6. The molecule has 4 heteroatoms. The summed E-state index contributed by atoms with van der Waals surface area (Å²) in [6.45, 7) is 1.97. The van der Waals surface area contributed by atoms with Crippen molar-refractivity contribution in [2.75, 3.05) is 0 Å². The van der Waals surface area contributed by atoms with Crippen LogP contribution in [0.3, 0.4) is 0 Å². The molecule has 92 valence electrons. The summed E-state index contributed by atoms with van der Waals surface area (Å²) < 4.78 is 6.70. The number of rotatable bonds is 3. The van der Waals surface area contributed by atoms with Gasteiger partial charge in [0.15, 0.2) is 0 Å². The minimum Gasteiger partial charge on any atom is -0.457 e. The van der Waals surface area contributed by atoms with Gasteiger partial charge in [0.1, 0.15) is 11.5 Å². The number of hydrogen-bond donors (Lipinski definition) is 1. The monoisotopic (exact) mass is 305 g/mol. The zero-order valence-electron chi connectivity index (χ0n) is 9.81. The zero-order valence-corrected chi connectivity index (χ0v) is 11.4. The van der Waals surface area contributed by atoms with Gasteiger partial charge in [-0.3, -0.25) is 4.79 Å². The molecule has 0 unspecified atom stereocenters. The van der Waals surface area contributed by atoms with Gasteiger partial charge in [0.2, 0.25) is 5.91 Å². The van der Waals surface area contributed by atoms with Crippen molar-refractivity contribution >= 4 is 21.8 Å². The lowest BCUT2D eigenvalue weighted by Crippen LogP contribution is -2.10. The molecule has 0 aliphatic rings. The van der Waals surface area contributed by atoms with Crippen molar-refractivity contribution in [1.82, 2.24) is 0 Å². The number of benzene rings is 2. The third kappa shape index (κ3) is 2.90. The minimum atomic E-state index is -0.444. The van der Waals surface area contributed by atoms with E-state index in [2.05, 4.69) is 15.9 Å². The van der Waals surface area contributed by atoms with Gasteiger partial charge in [0.25, 0.3) is 0 Å². The second-order valence-corrected chi connectivity index (χ2v) is 4.82. The molecule has 0 aromatic heterocycles. The third-order valence-electron chi connectivity index (χ3n) is 2.52. The van der Waals surface area contributed by atoms with E-state index in [0.717, 1.165) is 15.8 Å². The maximum atomic E-state index is 10.9. The fraction of sp³-hybridized carbons (Fsp3) is 0.0714. The van der Waals surface area contributed by atoms with Crippen LogP contribution in [0.15, 0.2) is 46.9 Å². The van der Waals surface area contributed by atoms with Crippen LogP contribution in [0.4, 0.5) is 0 Å². The van der Waals surface area contributed by atoms with Crippen LogP contribution >= 0.6 is 15.9 Å². The second kappa shape index (κ2) is 5.23. The van der Waals surface area contributed by atoms with Crippen molar-refractivity contribution in [2.24, 2.45) is 5.73 Å². The van der Waals surface area contributed by atoms with E-state index in [1.165, 1.54) is 0 Å². The van der Waals surface area contributed by atoms with Crippen molar-refractivity contribution < 1.29 is 9.53 Å². The van der Waals surface area contributed by atoms with Gasteiger partial charge in [-0.1, -0.05) is 22.0 Å². The summed E-state index contributed by atoms with van der Waals surface area (Å²) in [4.78, 5) is 10.9. The molecule has 0 bridgehead atoms. The minimum absolute atomic E-state index is 0.444. The summed E-state index contributed by atoms with van der Waals surface area (Å²) in [5, 5.41) is 0. The highest BCUT2D eigenvalue weighted by molar-refractivity contribution is 9.10. The summed E-state index contributed by atoms with van der Waals surface area (Å²) in [5.41, 5.74) is 6.68. The van der Waals surface area contributed by atoms with Gasteiger partial charge in [-0.2, -0.15) is 0 Å². The van der Waals surface area contributed by atoms with Crippen LogP contribution < -0.4 is 10.5 Å². The first-order chi connectivity index (χ1) is 8.56. The predicted octanol–water partition coefficient (Wildman–Crippen LogP) is 3.65. The molecule has 18 heavy (non-hydrogen) atoms. The van der Waals surface area contributed by atoms with Crippen LogP contribution in [-0.4, -0.2) is 5.91 Å². The van der Waals surface area contributed by atoms with Crippen molar-refractivity contribution in [2.45, 2.75) is 6.92 Å². The number of amides is 1. The van der Waals surface area contributed by atoms with E-state index in [-0.39, 0.29) is 0 Å². The van der Waals surface area contributed by atoms with Gasteiger partial charge in [-0.15, -0.1) is 0 Å². The molecule has 1 amide bonds. The van der Waals surface area contributed by atoms with E-state index >= 15 is 0 Å². The fourth-order valence-corrected chi connectivity index (χ4v) is 1.84. The molecule has 0 heterocycles. The van der Waals surface area contributed by atoms with Crippen LogP contribution in [0.1, 0.15) is 15.9 Å². The van der Waals surface area contributed by atoms with Gasteiger partial charge >= 0.3 is 0 Å². The molecule has 2 aromatic rings. The first-order valence-electron chi connectivity index (χ1n) is 5.40. The largest absolute Gasteiger partial charge is 0.457 e. The lowest BCUT2D eigenvalue weighted by atomic mass is 10.2. The SMILES string of the molecule is Cc1ccc(Br)cc1Oc1ccc(C(N)=O)cc1. The van der Waals surface area contributed by atoms with E-state index in [9.17, 15) is 4.79 Å². The zero-order chi connectivity index (χ0) is 13.1. The Morgan fingerprint density at radius 2 is 1.83 bits per heavy atom. The number of hydrogen-bond acceptors (Lipinski definition) is 2. The average molecular weight is 306 g/mol. The maximum absolute atomic E-state index is 10.9. The van der Waals surface area contributed by atoms with Crippen molar-refractivity contribution in [3.05, 3.63) is 58.1 Å². The highest BCUT2D eigenvalue weighted by atomic mass is 79.9. The highest BCUT2D eigenvalue weighted by Crippen LogP contribution is 2.28. The van der Waals surface area contributed by atoms with Crippen molar-refractivity contribution in [3.63, 3.8) is 0 Å². The summed E-state index contributed by atoms with van der Waals surface area (Å²) in [5.74, 6) is 0.998.